The Kier molecular flexibility index (Phi) is 37.1. The Morgan fingerprint density at radius 1 is 0.519 bits per heavy atom. The van der Waals surface area contributed by atoms with Crippen LogP contribution in [0.4, 0.5) is 0 Å². The maximum absolute atomic E-state index is 12.4. The molecule has 52 heavy (non-hydrogen) atoms. The first-order chi connectivity index (χ1) is 25.1. The molecule has 1 N–H and O–H groups in total. The van der Waals surface area contributed by atoms with Gasteiger partial charge in [-0.3, -0.25) is 13.8 Å². The van der Waals surface area contributed by atoms with E-state index in [0.29, 0.717) is 24.1 Å². The van der Waals surface area contributed by atoms with Gasteiger partial charge in [-0.25, -0.2) is 4.57 Å². The van der Waals surface area contributed by atoms with Gasteiger partial charge >= 0.3 is 13.8 Å². The lowest BCUT2D eigenvalue weighted by Crippen LogP contribution is -2.37. The summed E-state index contributed by atoms with van der Waals surface area (Å²) in [7, 11) is 1.68. The Morgan fingerprint density at radius 3 is 1.27 bits per heavy atom. The minimum Gasteiger partial charge on any atom is -0.457 e. The van der Waals surface area contributed by atoms with Crippen molar-refractivity contribution in [3.63, 3.8) is 0 Å². The summed E-state index contributed by atoms with van der Waals surface area (Å²) in [4.78, 5) is 22.6. The van der Waals surface area contributed by atoms with Crippen LogP contribution in [0.5, 0.6) is 0 Å². The Bertz CT molecular complexity index is 807. The van der Waals surface area contributed by atoms with E-state index in [2.05, 4.69) is 13.8 Å². The molecule has 0 aliphatic rings. The number of esters is 1. The molecule has 8 nitrogen and oxygen atoms in total. The van der Waals surface area contributed by atoms with E-state index >= 15 is 0 Å². The molecular formula is C43H89NO7P+. The molecule has 0 aliphatic heterocycles. The first kappa shape index (κ1) is 51.5. The number of nitrogens with zero attached hydrogens (tertiary/aromatic N) is 1. The lowest BCUT2D eigenvalue weighted by molar-refractivity contribution is -0.870. The average molecular weight is 763 g/mol. The number of quaternary nitrogens is 1. The normalized spacial score (nSPS) is 13.7. The van der Waals surface area contributed by atoms with Crippen LogP contribution < -0.4 is 0 Å². The van der Waals surface area contributed by atoms with Crippen LogP contribution in [-0.2, 0) is 27.9 Å². The highest BCUT2D eigenvalue weighted by Gasteiger charge is 2.26. The van der Waals surface area contributed by atoms with Gasteiger partial charge in [0, 0.05) is 13.0 Å². The molecule has 2 unspecified atom stereocenters. The van der Waals surface area contributed by atoms with Crippen molar-refractivity contribution < 1.29 is 37.3 Å². The lowest BCUT2D eigenvalue weighted by atomic mass is 10.0. The third-order valence-electron chi connectivity index (χ3n) is 9.92. The summed E-state index contributed by atoms with van der Waals surface area (Å²) >= 11 is 0. The number of rotatable bonds is 42. The van der Waals surface area contributed by atoms with Crippen molar-refractivity contribution in [2.24, 2.45) is 0 Å². The van der Waals surface area contributed by atoms with E-state index < -0.39 is 13.9 Å². The average Bonchev–Trinajstić information content (AvgIpc) is 3.09. The molecule has 0 saturated carbocycles. The van der Waals surface area contributed by atoms with Crippen LogP contribution in [0.25, 0.3) is 0 Å². The van der Waals surface area contributed by atoms with E-state index in [4.69, 9.17) is 18.5 Å². The fourth-order valence-corrected chi connectivity index (χ4v) is 7.18. The Hall–Kier alpha value is -0.500. The molecule has 0 rings (SSSR count). The molecule has 0 aromatic carbocycles. The number of hydrogen-bond acceptors (Lipinski definition) is 6. The molecular weight excluding hydrogens is 673 g/mol. The number of likely N-dealkylation sites (N-methyl/N-ethyl adjacent to an activating group) is 1. The number of hydrogen-bond donors (Lipinski definition) is 1. The molecule has 312 valence electrons. The smallest absolute Gasteiger partial charge is 0.457 e. The van der Waals surface area contributed by atoms with Gasteiger partial charge in [-0.05, 0) is 12.8 Å². The second-order valence-corrected chi connectivity index (χ2v) is 17.9. The largest absolute Gasteiger partial charge is 0.472 e. The standard InChI is InChI=1S/C43H88NO7P/c1-6-8-10-12-13-14-15-16-17-18-19-20-21-22-23-24-25-26-27-28-29-30-31-33-35-38-48-40-42(51-43(45)36-34-32-11-9-7-2)41-50-52(46,47)49-39-37-44(3,4)5/h42H,6-41H2,1-5H3/p+1. The summed E-state index contributed by atoms with van der Waals surface area (Å²) < 4.78 is 34.7. The van der Waals surface area contributed by atoms with Crippen LogP contribution >= 0.6 is 7.82 Å². The highest BCUT2D eigenvalue weighted by molar-refractivity contribution is 7.47. The second kappa shape index (κ2) is 37.4. The molecule has 0 amide bonds. The first-order valence-electron chi connectivity index (χ1n) is 22.3. The fourth-order valence-electron chi connectivity index (χ4n) is 6.44. The van der Waals surface area contributed by atoms with Gasteiger partial charge in [0.1, 0.15) is 19.3 Å². The molecule has 0 spiro atoms. The summed E-state index contributed by atoms with van der Waals surface area (Å²) in [6.45, 7) is 5.58. The van der Waals surface area contributed by atoms with Gasteiger partial charge in [0.2, 0.25) is 0 Å². The summed E-state index contributed by atoms with van der Waals surface area (Å²) in [5.74, 6) is -0.322. The van der Waals surface area contributed by atoms with Gasteiger partial charge in [-0.2, -0.15) is 0 Å². The lowest BCUT2D eigenvalue weighted by Gasteiger charge is -2.24. The molecule has 0 aliphatic carbocycles. The van der Waals surface area contributed by atoms with Gasteiger partial charge in [0.25, 0.3) is 0 Å². The molecule has 0 bridgehead atoms. The van der Waals surface area contributed by atoms with E-state index in [1.807, 2.05) is 21.1 Å². The molecule has 0 fully saturated rings. The Labute approximate surface area is 323 Å². The molecule has 0 radical (unpaired) electrons. The summed E-state index contributed by atoms with van der Waals surface area (Å²) in [5, 5.41) is 0. The van der Waals surface area contributed by atoms with E-state index in [-0.39, 0.29) is 25.8 Å². The molecule has 0 heterocycles. The van der Waals surface area contributed by atoms with Gasteiger partial charge in [-0.15, -0.1) is 0 Å². The predicted molar refractivity (Wildman–Crippen MR) is 220 cm³/mol. The zero-order valence-corrected chi connectivity index (χ0v) is 36.2. The SMILES string of the molecule is CCCCCCCCCCCCCCCCCCCCCCCCCCCOCC(COP(=O)(O)OCC[N+](C)(C)C)OC(=O)CCCCCCC. The number of carbonyl (C=O) groups is 1. The summed E-state index contributed by atoms with van der Waals surface area (Å²) in [5.41, 5.74) is 0. The number of phosphoric ester groups is 1. The van der Waals surface area contributed by atoms with Crippen LogP contribution in [0.1, 0.15) is 213 Å². The van der Waals surface area contributed by atoms with Crippen molar-refractivity contribution in [3.8, 4) is 0 Å². The molecule has 2 atom stereocenters. The van der Waals surface area contributed by atoms with Crippen LogP contribution in [-0.4, -0.2) is 75.6 Å². The van der Waals surface area contributed by atoms with Crippen molar-refractivity contribution >= 4 is 13.8 Å². The van der Waals surface area contributed by atoms with Gasteiger partial charge in [0.15, 0.2) is 0 Å². The zero-order valence-electron chi connectivity index (χ0n) is 35.3. The number of unbranched alkanes of at least 4 members (excludes halogenated alkanes) is 28. The number of ether oxygens (including phenoxy) is 2. The Balaban J connectivity index is 3.82. The van der Waals surface area contributed by atoms with E-state index in [1.54, 1.807) is 0 Å². The van der Waals surface area contributed by atoms with E-state index in [0.717, 1.165) is 38.5 Å². The van der Waals surface area contributed by atoms with Crippen molar-refractivity contribution in [1.82, 2.24) is 0 Å². The van der Waals surface area contributed by atoms with Gasteiger partial charge < -0.3 is 18.9 Å². The second-order valence-electron chi connectivity index (χ2n) is 16.4. The molecule has 0 aromatic heterocycles. The van der Waals surface area contributed by atoms with E-state index in [9.17, 15) is 14.3 Å². The van der Waals surface area contributed by atoms with Crippen molar-refractivity contribution in [2.75, 3.05) is 54.1 Å². The minimum atomic E-state index is -4.25. The third kappa shape index (κ3) is 40.7. The van der Waals surface area contributed by atoms with Crippen molar-refractivity contribution in [2.45, 2.75) is 219 Å². The van der Waals surface area contributed by atoms with Crippen LogP contribution in [0.3, 0.4) is 0 Å². The number of phosphoric acid groups is 1. The topological polar surface area (TPSA) is 91.3 Å². The van der Waals surface area contributed by atoms with Gasteiger partial charge in [-0.1, -0.05) is 194 Å². The van der Waals surface area contributed by atoms with Crippen LogP contribution in [0.15, 0.2) is 0 Å². The van der Waals surface area contributed by atoms with Gasteiger partial charge in [0.05, 0.1) is 34.4 Å². The molecule has 0 aromatic rings. The monoisotopic (exact) mass is 763 g/mol. The third-order valence-corrected chi connectivity index (χ3v) is 10.9. The number of carbonyl (C=O) groups excluding carboxylic acids is 1. The van der Waals surface area contributed by atoms with Crippen LogP contribution in [0, 0.1) is 0 Å². The van der Waals surface area contributed by atoms with E-state index in [1.165, 1.54) is 154 Å². The van der Waals surface area contributed by atoms with Crippen molar-refractivity contribution in [3.05, 3.63) is 0 Å². The predicted octanol–water partition coefficient (Wildman–Crippen LogP) is 12.9. The minimum absolute atomic E-state index is 0.0928. The molecule has 0 saturated heterocycles. The fraction of sp³-hybridized carbons (Fsp3) is 0.977. The first-order valence-corrected chi connectivity index (χ1v) is 23.8. The molecule has 9 heteroatoms. The highest BCUT2D eigenvalue weighted by atomic mass is 31.2. The highest BCUT2D eigenvalue weighted by Crippen LogP contribution is 2.43. The maximum atomic E-state index is 12.4. The quantitative estimate of drug-likeness (QED) is 0.0286. The Morgan fingerprint density at radius 2 is 0.885 bits per heavy atom. The zero-order chi connectivity index (χ0) is 38.4. The van der Waals surface area contributed by atoms with Crippen molar-refractivity contribution in [1.29, 1.82) is 0 Å². The summed E-state index contributed by atoms with van der Waals surface area (Å²) in [6.07, 6.45) is 39.1. The maximum Gasteiger partial charge on any atom is 0.472 e. The van der Waals surface area contributed by atoms with Crippen LogP contribution in [0.2, 0.25) is 0 Å². The summed E-state index contributed by atoms with van der Waals surface area (Å²) in [6, 6.07) is 0.